The third-order valence-corrected chi connectivity index (χ3v) is 12.8. The zero-order valence-electron chi connectivity index (χ0n) is 28.9. The summed E-state index contributed by atoms with van der Waals surface area (Å²) in [6, 6.07) is 8.17. The number of hydrogen-bond donors (Lipinski definition) is 2. The molecule has 2 aliphatic heterocycles. The number of aromatic nitrogens is 5. The normalized spacial score (nSPS) is 19.0. The van der Waals surface area contributed by atoms with Gasteiger partial charge in [0, 0.05) is 70.6 Å². The molecular formula is C33H48F2N8O4SSi. The lowest BCUT2D eigenvalue weighted by atomic mass is 9.93. The van der Waals surface area contributed by atoms with Crippen LogP contribution in [-0.4, -0.2) is 97.4 Å². The van der Waals surface area contributed by atoms with Gasteiger partial charge in [0.15, 0.2) is 11.6 Å². The molecule has 2 saturated heterocycles. The number of benzene rings is 1. The Kier molecular flexibility index (Phi) is 10.1. The van der Waals surface area contributed by atoms with Crippen LogP contribution in [0, 0.1) is 12.3 Å². The molecule has 3 fully saturated rings. The van der Waals surface area contributed by atoms with E-state index in [0.717, 1.165) is 43.2 Å². The van der Waals surface area contributed by atoms with Gasteiger partial charge in [-0.3, -0.25) is 9.29 Å². The molecule has 268 valence electrons. The zero-order chi connectivity index (χ0) is 35.0. The van der Waals surface area contributed by atoms with Gasteiger partial charge in [-0.25, -0.2) is 27.2 Å². The van der Waals surface area contributed by atoms with Crippen molar-refractivity contribution in [3.8, 4) is 22.9 Å². The number of alkyl halides is 2. The van der Waals surface area contributed by atoms with E-state index in [1.165, 1.54) is 12.8 Å². The van der Waals surface area contributed by atoms with Gasteiger partial charge in [0.1, 0.15) is 12.4 Å². The average Bonchev–Trinajstić information content (AvgIpc) is 3.64. The number of sulfonamides is 1. The van der Waals surface area contributed by atoms with Crippen molar-refractivity contribution in [3.05, 3.63) is 30.0 Å². The van der Waals surface area contributed by atoms with Crippen molar-refractivity contribution < 1.29 is 27.0 Å². The van der Waals surface area contributed by atoms with Crippen molar-refractivity contribution in [1.29, 1.82) is 0 Å². The molecule has 0 unspecified atom stereocenters. The largest absolute Gasteiger partial charge is 0.395 e. The summed E-state index contributed by atoms with van der Waals surface area (Å²) in [5.74, 6) is -1.70. The number of hydrogen-bond acceptors (Lipinski definition) is 10. The highest BCUT2D eigenvalue weighted by Gasteiger charge is 2.44. The summed E-state index contributed by atoms with van der Waals surface area (Å²) < 4.78 is 63.9. The third-order valence-electron chi connectivity index (χ3n) is 9.81. The van der Waals surface area contributed by atoms with E-state index < -0.39 is 36.4 Å². The van der Waals surface area contributed by atoms with Crippen LogP contribution in [0.2, 0.25) is 25.7 Å². The van der Waals surface area contributed by atoms with Gasteiger partial charge in [-0.05, 0) is 68.3 Å². The summed E-state index contributed by atoms with van der Waals surface area (Å²) in [5.41, 5.74) is 3.62. The Morgan fingerprint density at radius 2 is 1.61 bits per heavy atom. The summed E-state index contributed by atoms with van der Waals surface area (Å²) in [7, 11) is -5.11. The van der Waals surface area contributed by atoms with Gasteiger partial charge in [-0.1, -0.05) is 19.6 Å². The molecule has 2 aromatic heterocycles. The monoisotopic (exact) mass is 718 g/mol. The lowest BCUT2D eigenvalue weighted by molar-refractivity contribution is -0.0222. The predicted molar refractivity (Wildman–Crippen MR) is 189 cm³/mol. The molecule has 49 heavy (non-hydrogen) atoms. The topological polar surface area (TPSA) is 139 Å². The van der Waals surface area contributed by atoms with E-state index in [1.54, 1.807) is 11.0 Å². The molecule has 1 spiro atoms. The molecule has 0 bridgehead atoms. The van der Waals surface area contributed by atoms with Crippen LogP contribution in [0.15, 0.2) is 24.3 Å². The van der Waals surface area contributed by atoms with Crippen LogP contribution >= 0.6 is 0 Å². The molecule has 3 aromatic rings. The van der Waals surface area contributed by atoms with Gasteiger partial charge < -0.3 is 19.6 Å². The van der Waals surface area contributed by atoms with Crippen LogP contribution in [0.1, 0.15) is 44.2 Å². The molecule has 4 heterocycles. The van der Waals surface area contributed by atoms with Gasteiger partial charge in [0.25, 0.3) is 5.92 Å². The Balaban J connectivity index is 1.40. The fourth-order valence-electron chi connectivity index (χ4n) is 6.49. The second kappa shape index (κ2) is 13.8. The van der Waals surface area contributed by atoms with Crippen molar-refractivity contribution in [3.63, 3.8) is 0 Å². The highest BCUT2D eigenvalue weighted by atomic mass is 32.2. The third kappa shape index (κ3) is 8.75. The molecule has 1 aromatic carbocycles. The molecule has 2 N–H and O–H groups in total. The van der Waals surface area contributed by atoms with E-state index in [9.17, 15) is 22.3 Å². The first-order valence-electron chi connectivity index (χ1n) is 17.2. The highest BCUT2D eigenvalue weighted by Crippen LogP contribution is 2.54. The molecular weight excluding hydrogens is 671 g/mol. The van der Waals surface area contributed by atoms with Crippen LogP contribution in [0.3, 0.4) is 0 Å². The fraction of sp³-hybridized carbons (Fsp3) is 0.636. The molecule has 0 atom stereocenters. The van der Waals surface area contributed by atoms with Crippen molar-refractivity contribution in [2.75, 3.05) is 59.7 Å². The van der Waals surface area contributed by atoms with E-state index >= 15 is 0 Å². The van der Waals surface area contributed by atoms with E-state index in [1.807, 2.05) is 29.7 Å². The first-order chi connectivity index (χ1) is 23.1. The number of aliphatic hydroxyl groups excluding tert-OH is 1. The van der Waals surface area contributed by atoms with E-state index in [-0.39, 0.29) is 32.7 Å². The van der Waals surface area contributed by atoms with E-state index in [2.05, 4.69) is 44.4 Å². The van der Waals surface area contributed by atoms with Crippen molar-refractivity contribution in [1.82, 2.24) is 24.7 Å². The van der Waals surface area contributed by atoms with Crippen molar-refractivity contribution in [2.24, 2.45) is 5.41 Å². The zero-order valence-corrected chi connectivity index (χ0v) is 30.7. The van der Waals surface area contributed by atoms with Gasteiger partial charge in [0.05, 0.1) is 18.0 Å². The number of aliphatic hydroxyl groups is 1. The van der Waals surface area contributed by atoms with Crippen molar-refractivity contribution in [2.45, 2.75) is 83.8 Å². The number of halogens is 2. The Morgan fingerprint density at radius 1 is 0.939 bits per heavy atom. The molecule has 16 heteroatoms. The van der Waals surface area contributed by atoms with Crippen LogP contribution in [0.5, 0.6) is 0 Å². The minimum atomic E-state index is -3.74. The maximum absolute atomic E-state index is 14.0. The second-order valence-electron chi connectivity index (χ2n) is 15.0. The molecule has 0 radical (unpaired) electrons. The van der Waals surface area contributed by atoms with Gasteiger partial charge in [0.2, 0.25) is 16.0 Å². The van der Waals surface area contributed by atoms with Gasteiger partial charge in [-0.2, -0.15) is 0 Å². The fourth-order valence-corrected chi connectivity index (χ4v) is 8.07. The lowest BCUT2D eigenvalue weighted by Gasteiger charge is -2.35. The van der Waals surface area contributed by atoms with Crippen LogP contribution in [0.25, 0.3) is 22.9 Å². The van der Waals surface area contributed by atoms with Crippen LogP contribution < -0.4 is 14.5 Å². The number of ether oxygens (including phenoxy) is 1. The maximum Gasteiger partial charge on any atom is 0.251 e. The summed E-state index contributed by atoms with van der Waals surface area (Å²) in [6.45, 7) is 10.9. The van der Waals surface area contributed by atoms with Crippen molar-refractivity contribution >= 4 is 35.4 Å². The van der Waals surface area contributed by atoms with Gasteiger partial charge in [-0.15, -0.1) is 10.2 Å². The van der Waals surface area contributed by atoms with Crippen LogP contribution in [-0.2, 0) is 21.5 Å². The number of nitrogens with one attached hydrogen (secondary N) is 1. The average molecular weight is 719 g/mol. The summed E-state index contributed by atoms with van der Waals surface area (Å²) in [5, 5.41) is 18.6. The summed E-state index contributed by atoms with van der Waals surface area (Å²) >= 11 is 0. The minimum absolute atomic E-state index is 0.155. The van der Waals surface area contributed by atoms with Gasteiger partial charge >= 0.3 is 0 Å². The Morgan fingerprint density at radius 3 is 2.27 bits per heavy atom. The Hall–Kier alpha value is -3.21. The SMILES string of the molecule is Cc1cc(-c2nnc(-c3ccc(NS(=O)(=O)CCO)cc3N3CCC4(CC3)CC4)n2COCC[Si](C)(C)C)nc(N2CCC(F)(F)CC2)n1. The first kappa shape index (κ1) is 35.6. The number of piperidine rings is 2. The minimum Gasteiger partial charge on any atom is -0.395 e. The molecule has 3 aliphatic rings. The van der Waals surface area contributed by atoms with Crippen LogP contribution in [0.4, 0.5) is 26.1 Å². The van der Waals surface area contributed by atoms with E-state index in [4.69, 9.17) is 9.72 Å². The second-order valence-corrected chi connectivity index (χ2v) is 22.5. The molecule has 6 rings (SSSR count). The first-order valence-corrected chi connectivity index (χ1v) is 22.5. The molecule has 0 amide bonds. The standard InChI is InChI=1S/C33H48F2N8O4SSi/c1-24-21-27(37-31(36-24)42-15-11-33(34,35)12-16-42)30-39-38-29(43(30)23-47-18-20-49(2,3)4)26-6-5-25(40-48(45,46)19-17-44)22-28(26)41-13-9-32(7-8-32)10-14-41/h5-6,21-22,40,44H,7-20,23H2,1-4H3. The number of anilines is 3. The molecule has 1 aliphatic carbocycles. The molecule has 12 nitrogen and oxygen atoms in total. The Bertz CT molecular complexity index is 1740. The number of nitrogens with zero attached hydrogens (tertiary/aromatic N) is 7. The predicted octanol–water partition coefficient (Wildman–Crippen LogP) is 5.37. The Labute approximate surface area is 288 Å². The maximum atomic E-state index is 14.0. The quantitative estimate of drug-likeness (QED) is 0.175. The van der Waals surface area contributed by atoms with E-state index in [0.29, 0.717) is 46.7 Å². The number of rotatable bonds is 13. The number of aryl methyl sites for hydroxylation is 1. The lowest BCUT2D eigenvalue weighted by Crippen LogP contribution is -2.40. The summed E-state index contributed by atoms with van der Waals surface area (Å²) in [6.07, 6.45) is 4.13. The molecule has 1 saturated carbocycles. The highest BCUT2D eigenvalue weighted by molar-refractivity contribution is 7.92. The smallest absolute Gasteiger partial charge is 0.251 e. The summed E-state index contributed by atoms with van der Waals surface area (Å²) in [4.78, 5) is 13.5.